The van der Waals surface area contributed by atoms with Crippen molar-refractivity contribution in [3.63, 3.8) is 0 Å². The van der Waals surface area contributed by atoms with Gasteiger partial charge in [-0.1, -0.05) is 6.92 Å². The normalized spacial score (nSPS) is 17.4. The Morgan fingerprint density at radius 3 is 2.30 bits per heavy atom. The molecular weight excluding hydrogens is 367 g/mol. The third kappa shape index (κ3) is 7.31. The highest BCUT2D eigenvalue weighted by atomic mass is 127. The van der Waals surface area contributed by atoms with Gasteiger partial charge in [-0.05, 0) is 39.5 Å². The number of hydrogen-bond donors (Lipinski definition) is 2. The Bertz CT molecular complexity index is 331. The van der Waals surface area contributed by atoms with Gasteiger partial charge in [-0.3, -0.25) is 9.79 Å². The molecule has 0 spiro atoms. The number of guanidine groups is 1. The molecular formula is C14H29IN4O. The minimum atomic E-state index is -0.192. The standard InChI is InChI=1S/C14H28N4O.HI/c1-11-6-8-18(9-7-11)13(15-5)16-10-12(19)17-14(2,3)4;/h11H,6-10H2,1-5H3,(H,15,16)(H,17,19);1H. The monoisotopic (exact) mass is 396 g/mol. The molecule has 1 rings (SSSR count). The van der Waals surface area contributed by atoms with Gasteiger partial charge < -0.3 is 15.5 Å². The van der Waals surface area contributed by atoms with Crippen molar-refractivity contribution in [1.82, 2.24) is 15.5 Å². The number of aliphatic imine (C=N–C) groups is 1. The van der Waals surface area contributed by atoms with Crippen molar-refractivity contribution in [2.24, 2.45) is 10.9 Å². The van der Waals surface area contributed by atoms with Gasteiger partial charge >= 0.3 is 0 Å². The minimum absolute atomic E-state index is 0. The van der Waals surface area contributed by atoms with E-state index in [0.29, 0.717) is 0 Å². The first-order valence-electron chi connectivity index (χ1n) is 7.08. The zero-order valence-corrected chi connectivity index (χ0v) is 15.7. The van der Waals surface area contributed by atoms with Gasteiger partial charge in [0, 0.05) is 25.7 Å². The number of carbonyl (C=O) groups excluding carboxylic acids is 1. The molecule has 118 valence electrons. The number of nitrogens with zero attached hydrogens (tertiary/aromatic N) is 2. The number of nitrogens with one attached hydrogen (secondary N) is 2. The van der Waals surface area contributed by atoms with E-state index in [2.05, 4.69) is 27.4 Å². The van der Waals surface area contributed by atoms with Crippen molar-refractivity contribution in [2.45, 2.75) is 46.1 Å². The van der Waals surface area contributed by atoms with E-state index in [1.807, 2.05) is 20.8 Å². The third-order valence-electron chi connectivity index (χ3n) is 3.22. The Balaban J connectivity index is 0.00000361. The van der Waals surface area contributed by atoms with Crippen LogP contribution in [-0.2, 0) is 4.79 Å². The number of piperidine rings is 1. The van der Waals surface area contributed by atoms with Crippen LogP contribution >= 0.6 is 24.0 Å². The second-order valence-electron chi connectivity index (χ2n) is 6.37. The van der Waals surface area contributed by atoms with E-state index in [1.165, 1.54) is 12.8 Å². The van der Waals surface area contributed by atoms with E-state index in [9.17, 15) is 4.79 Å². The Hall–Kier alpha value is -0.530. The van der Waals surface area contributed by atoms with Crippen molar-refractivity contribution >= 4 is 35.8 Å². The van der Waals surface area contributed by atoms with Crippen LogP contribution < -0.4 is 10.6 Å². The summed E-state index contributed by atoms with van der Waals surface area (Å²) >= 11 is 0. The summed E-state index contributed by atoms with van der Waals surface area (Å²) in [5.41, 5.74) is -0.192. The smallest absolute Gasteiger partial charge is 0.239 e. The van der Waals surface area contributed by atoms with Gasteiger partial charge in [-0.2, -0.15) is 0 Å². The molecule has 2 N–H and O–H groups in total. The lowest BCUT2D eigenvalue weighted by Gasteiger charge is -2.33. The molecule has 0 saturated carbocycles. The molecule has 6 heteroatoms. The quantitative estimate of drug-likeness (QED) is 0.426. The molecule has 1 amide bonds. The Kier molecular flexibility index (Phi) is 8.46. The molecule has 0 bridgehead atoms. The van der Waals surface area contributed by atoms with E-state index < -0.39 is 0 Å². The summed E-state index contributed by atoms with van der Waals surface area (Å²) in [4.78, 5) is 18.2. The maximum absolute atomic E-state index is 11.8. The molecule has 0 radical (unpaired) electrons. The maximum Gasteiger partial charge on any atom is 0.239 e. The third-order valence-corrected chi connectivity index (χ3v) is 3.22. The molecule has 5 nitrogen and oxygen atoms in total. The lowest BCUT2D eigenvalue weighted by molar-refractivity contribution is -0.121. The number of likely N-dealkylation sites (tertiary alicyclic amines) is 1. The maximum atomic E-state index is 11.8. The van der Waals surface area contributed by atoms with E-state index >= 15 is 0 Å². The highest BCUT2D eigenvalue weighted by Crippen LogP contribution is 2.15. The zero-order chi connectivity index (χ0) is 14.5. The Morgan fingerprint density at radius 1 is 1.30 bits per heavy atom. The van der Waals surface area contributed by atoms with Crippen molar-refractivity contribution in [2.75, 3.05) is 26.7 Å². The molecule has 0 aliphatic carbocycles. The van der Waals surface area contributed by atoms with Crippen LogP contribution in [0, 0.1) is 5.92 Å². The number of amides is 1. The molecule has 0 atom stereocenters. The highest BCUT2D eigenvalue weighted by molar-refractivity contribution is 14.0. The molecule has 1 aliphatic rings. The van der Waals surface area contributed by atoms with Crippen LogP contribution in [0.2, 0.25) is 0 Å². The average molecular weight is 396 g/mol. The molecule has 1 heterocycles. The van der Waals surface area contributed by atoms with Crippen LogP contribution in [-0.4, -0.2) is 49.0 Å². The molecule has 1 aliphatic heterocycles. The van der Waals surface area contributed by atoms with Crippen molar-refractivity contribution in [3.05, 3.63) is 0 Å². The van der Waals surface area contributed by atoms with Crippen molar-refractivity contribution in [3.8, 4) is 0 Å². The zero-order valence-electron chi connectivity index (χ0n) is 13.3. The van der Waals surface area contributed by atoms with Gasteiger partial charge in [-0.15, -0.1) is 24.0 Å². The summed E-state index contributed by atoms with van der Waals surface area (Å²) in [6, 6.07) is 0. The molecule has 0 unspecified atom stereocenters. The molecule has 0 aromatic carbocycles. The summed E-state index contributed by atoms with van der Waals surface area (Å²) in [5, 5.41) is 6.07. The van der Waals surface area contributed by atoms with E-state index in [1.54, 1.807) is 7.05 Å². The first-order valence-corrected chi connectivity index (χ1v) is 7.08. The van der Waals surface area contributed by atoms with E-state index in [0.717, 1.165) is 25.0 Å². The second kappa shape index (κ2) is 8.69. The fourth-order valence-electron chi connectivity index (χ4n) is 2.17. The number of carbonyl (C=O) groups is 1. The summed E-state index contributed by atoms with van der Waals surface area (Å²) in [7, 11) is 1.77. The molecule has 0 aromatic rings. The topological polar surface area (TPSA) is 56.7 Å². The second-order valence-corrected chi connectivity index (χ2v) is 6.37. The number of halogens is 1. The first-order chi connectivity index (χ1) is 8.81. The highest BCUT2D eigenvalue weighted by Gasteiger charge is 2.19. The van der Waals surface area contributed by atoms with Crippen LogP contribution in [0.4, 0.5) is 0 Å². The van der Waals surface area contributed by atoms with Crippen LogP contribution in [0.5, 0.6) is 0 Å². The SMILES string of the molecule is CN=C(NCC(=O)NC(C)(C)C)N1CCC(C)CC1.I. The van der Waals surface area contributed by atoms with Crippen molar-refractivity contribution < 1.29 is 4.79 Å². The molecule has 1 fully saturated rings. The van der Waals surface area contributed by atoms with Gasteiger partial charge in [0.15, 0.2) is 5.96 Å². The Morgan fingerprint density at radius 2 is 1.85 bits per heavy atom. The van der Waals surface area contributed by atoms with Crippen LogP contribution in [0.3, 0.4) is 0 Å². The molecule has 1 saturated heterocycles. The predicted molar refractivity (Wildman–Crippen MR) is 94.6 cm³/mol. The van der Waals surface area contributed by atoms with Gasteiger partial charge in [0.2, 0.25) is 5.91 Å². The van der Waals surface area contributed by atoms with E-state index in [-0.39, 0.29) is 42.0 Å². The summed E-state index contributed by atoms with van der Waals surface area (Å²) < 4.78 is 0. The van der Waals surface area contributed by atoms with Crippen molar-refractivity contribution in [1.29, 1.82) is 0 Å². The molecule has 20 heavy (non-hydrogen) atoms. The van der Waals surface area contributed by atoms with Gasteiger partial charge in [0.1, 0.15) is 0 Å². The lowest BCUT2D eigenvalue weighted by Crippen LogP contribution is -2.50. The summed E-state index contributed by atoms with van der Waals surface area (Å²) in [6.45, 7) is 10.5. The fraction of sp³-hybridized carbons (Fsp3) is 0.857. The van der Waals surface area contributed by atoms with E-state index in [4.69, 9.17) is 0 Å². The lowest BCUT2D eigenvalue weighted by atomic mass is 10.00. The van der Waals surface area contributed by atoms with Crippen LogP contribution in [0.1, 0.15) is 40.5 Å². The van der Waals surface area contributed by atoms with Crippen LogP contribution in [0.15, 0.2) is 4.99 Å². The minimum Gasteiger partial charge on any atom is -0.350 e. The summed E-state index contributed by atoms with van der Waals surface area (Å²) in [6.07, 6.45) is 2.38. The largest absolute Gasteiger partial charge is 0.350 e. The first kappa shape index (κ1) is 19.5. The number of rotatable bonds is 2. The predicted octanol–water partition coefficient (Wildman–Crippen LogP) is 1.83. The van der Waals surface area contributed by atoms with Gasteiger partial charge in [0.05, 0.1) is 6.54 Å². The van der Waals surface area contributed by atoms with Gasteiger partial charge in [-0.25, -0.2) is 0 Å². The number of hydrogen-bond acceptors (Lipinski definition) is 2. The summed E-state index contributed by atoms with van der Waals surface area (Å²) in [5.74, 6) is 1.62. The van der Waals surface area contributed by atoms with Crippen LogP contribution in [0.25, 0.3) is 0 Å². The Labute approximate surface area is 140 Å². The van der Waals surface area contributed by atoms with Gasteiger partial charge in [0.25, 0.3) is 0 Å². The average Bonchev–Trinajstić information content (AvgIpc) is 2.29. The fourth-order valence-corrected chi connectivity index (χ4v) is 2.17. The molecule has 0 aromatic heterocycles.